The van der Waals surface area contributed by atoms with Gasteiger partial charge in [-0.1, -0.05) is 0 Å². The third-order valence-corrected chi connectivity index (χ3v) is 3.51. The molecule has 0 spiro atoms. The van der Waals surface area contributed by atoms with Crippen molar-refractivity contribution in [2.24, 2.45) is 0 Å². The molecule has 21 heavy (non-hydrogen) atoms. The Labute approximate surface area is 129 Å². The van der Waals surface area contributed by atoms with Crippen molar-refractivity contribution in [1.82, 2.24) is 14.1 Å². The third-order valence-electron chi connectivity index (χ3n) is 3.00. The summed E-state index contributed by atoms with van der Waals surface area (Å²) in [5.41, 5.74) is -0.176. The molecule has 0 radical (unpaired) electrons. The number of aliphatic hydroxyl groups excluding tert-OH is 1. The fraction of sp³-hybridized carbons (Fsp3) is 0.846. The van der Waals surface area contributed by atoms with E-state index in [1.807, 2.05) is 20.8 Å². The summed E-state index contributed by atoms with van der Waals surface area (Å²) in [4.78, 5) is 2.10. The molecule has 120 valence electrons. The Hall–Kier alpha value is -0.960. The number of morpholine rings is 1. The lowest BCUT2D eigenvalue weighted by Gasteiger charge is -2.31. The van der Waals surface area contributed by atoms with Crippen LogP contribution in [0.25, 0.3) is 0 Å². The van der Waals surface area contributed by atoms with E-state index >= 15 is 0 Å². The van der Waals surface area contributed by atoms with E-state index in [-0.39, 0.29) is 5.54 Å². The van der Waals surface area contributed by atoms with Gasteiger partial charge in [-0.2, -0.15) is 4.37 Å². The van der Waals surface area contributed by atoms with E-state index in [0.717, 1.165) is 30.6 Å². The Morgan fingerprint density at radius 1 is 1.33 bits per heavy atom. The highest BCUT2D eigenvalue weighted by Gasteiger charge is 2.27. The number of anilines is 1. The first-order valence-corrected chi connectivity index (χ1v) is 7.87. The van der Waals surface area contributed by atoms with Crippen molar-refractivity contribution >= 4 is 17.5 Å². The lowest BCUT2D eigenvalue weighted by molar-refractivity contribution is 0.00919. The van der Waals surface area contributed by atoms with Gasteiger partial charge in [-0.05, 0) is 27.7 Å². The number of nitrogens with one attached hydrogen (secondary N) is 1. The Kier molecular flexibility index (Phi) is 5.37. The predicted octanol–water partition coefficient (Wildman–Crippen LogP) is 0.848. The molecule has 1 aromatic heterocycles. The van der Waals surface area contributed by atoms with E-state index in [0.29, 0.717) is 19.1 Å². The van der Waals surface area contributed by atoms with Gasteiger partial charge in [0.15, 0.2) is 6.23 Å². The van der Waals surface area contributed by atoms with Crippen LogP contribution >= 0.6 is 11.7 Å². The highest BCUT2D eigenvalue weighted by atomic mass is 32.1. The summed E-state index contributed by atoms with van der Waals surface area (Å²) in [6.45, 7) is 10.7. The second-order valence-corrected chi connectivity index (χ2v) is 6.69. The van der Waals surface area contributed by atoms with E-state index in [1.165, 1.54) is 0 Å². The molecule has 0 amide bonds. The highest BCUT2D eigenvalue weighted by Crippen LogP contribution is 2.27. The zero-order valence-electron chi connectivity index (χ0n) is 13.0. The quantitative estimate of drug-likeness (QED) is 0.780. The largest absolute Gasteiger partial charge is 0.452 e. The smallest absolute Gasteiger partial charge is 0.272 e. The molecule has 2 heterocycles. The minimum atomic E-state index is -0.663. The van der Waals surface area contributed by atoms with Gasteiger partial charge in [0.05, 0.1) is 24.9 Å². The van der Waals surface area contributed by atoms with Gasteiger partial charge in [0, 0.05) is 18.6 Å². The molecule has 0 bridgehead atoms. The maximum atomic E-state index is 9.91. The minimum Gasteiger partial charge on any atom is -0.452 e. The van der Waals surface area contributed by atoms with Crippen LogP contribution in [0.3, 0.4) is 0 Å². The molecular formula is C13H24N4O3S. The zero-order valence-corrected chi connectivity index (χ0v) is 13.8. The van der Waals surface area contributed by atoms with Crippen molar-refractivity contribution in [3.63, 3.8) is 0 Å². The number of hydrogen-bond acceptors (Lipinski definition) is 8. The maximum absolute atomic E-state index is 9.91. The molecule has 2 rings (SSSR count). The van der Waals surface area contributed by atoms with Crippen LogP contribution in [0.1, 0.15) is 27.7 Å². The molecule has 1 aromatic rings. The van der Waals surface area contributed by atoms with Crippen molar-refractivity contribution in [2.75, 3.05) is 31.2 Å². The molecule has 0 saturated carbocycles. The van der Waals surface area contributed by atoms with E-state index in [4.69, 9.17) is 9.47 Å². The summed E-state index contributed by atoms with van der Waals surface area (Å²) in [6, 6.07) is 0. The van der Waals surface area contributed by atoms with Gasteiger partial charge >= 0.3 is 0 Å². The SMILES string of the molecule is CC(O)C(NC(C)(C)C)Oc1nsnc1N1CCOCC1. The number of aliphatic hydroxyl groups is 1. The molecule has 2 unspecified atom stereocenters. The summed E-state index contributed by atoms with van der Waals surface area (Å²) in [7, 11) is 0. The van der Waals surface area contributed by atoms with Gasteiger partial charge in [0.2, 0.25) is 5.82 Å². The molecule has 1 aliphatic heterocycles. The van der Waals surface area contributed by atoms with E-state index in [2.05, 4.69) is 19.0 Å². The minimum absolute atomic E-state index is 0.176. The zero-order chi connectivity index (χ0) is 15.5. The molecule has 1 fully saturated rings. The molecular weight excluding hydrogens is 292 g/mol. The van der Waals surface area contributed by atoms with E-state index < -0.39 is 12.3 Å². The maximum Gasteiger partial charge on any atom is 0.272 e. The summed E-state index contributed by atoms with van der Waals surface area (Å²) in [5.74, 6) is 1.19. The van der Waals surface area contributed by atoms with Crippen molar-refractivity contribution in [2.45, 2.75) is 45.6 Å². The van der Waals surface area contributed by atoms with E-state index in [1.54, 1.807) is 6.92 Å². The number of nitrogens with zero attached hydrogens (tertiary/aromatic N) is 3. The Morgan fingerprint density at radius 3 is 2.57 bits per heavy atom. The first-order chi connectivity index (χ1) is 9.87. The van der Waals surface area contributed by atoms with Crippen LogP contribution in [0.2, 0.25) is 0 Å². The van der Waals surface area contributed by atoms with Gasteiger partial charge in [0.25, 0.3) is 5.88 Å². The average Bonchev–Trinajstić information content (AvgIpc) is 2.85. The molecule has 1 aliphatic rings. The van der Waals surface area contributed by atoms with E-state index in [9.17, 15) is 5.11 Å². The standard InChI is InChI=1S/C13H24N4O3S/c1-9(18)11(14-13(2,3)4)20-12-10(15-21-16-12)17-5-7-19-8-6-17/h9,11,14,18H,5-8H2,1-4H3. The van der Waals surface area contributed by atoms with Crippen molar-refractivity contribution in [3.05, 3.63) is 0 Å². The number of rotatable bonds is 5. The second-order valence-electron chi connectivity index (χ2n) is 6.17. The number of hydrogen-bond donors (Lipinski definition) is 2. The average molecular weight is 316 g/mol. The van der Waals surface area contributed by atoms with Crippen molar-refractivity contribution in [1.29, 1.82) is 0 Å². The van der Waals surface area contributed by atoms with Gasteiger partial charge in [-0.15, -0.1) is 4.37 Å². The van der Waals surface area contributed by atoms with Gasteiger partial charge < -0.3 is 19.5 Å². The van der Waals surface area contributed by atoms with Crippen LogP contribution in [0.5, 0.6) is 5.88 Å². The lowest BCUT2D eigenvalue weighted by atomic mass is 10.1. The Morgan fingerprint density at radius 2 is 2.00 bits per heavy atom. The van der Waals surface area contributed by atoms with Crippen LogP contribution in [0.15, 0.2) is 0 Å². The van der Waals surface area contributed by atoms with Gasteiger partial charge in [-0.3, -0.25) is 5.32 Å². The molecule has 2 N–H and O–H groups in total. The molecule has 2 atom stereocenters. The first kappa shape index (κ1) is 16.4. The summed E-state index contributed by atoms with van der Waals surface area (Å²) >= 11 is 1.11. The Bertz CT molecular complexity index is 441. The Balaban J connectivity index is 2.08. The molecule has 7 nitrogen and oxygen atoms in total. The molecule has 0 aliphatic carbocycles. The normalized spacial score (nSPS) is 19.4. The predicted molar refractivity (Wildman–Crippen MR) is 81.9 cm³/mol. The monoisotopic (exact) mass is 316 g/mol. The fourth-order valence-corrected chi connectivity index (χ4v) is 2.52. The number of ether oxygens (including phenoxy) is 2. The fourth-order valence-electron chi connectivity index (χ4n) is 2.01. The van der Waals surface area contributed by atoms with Gasteiger partial charge in [0.1, 0.15) is 6.10 Å². The second kappa shape index (κ2) is 6.87. The molecule has 0 aromatic carbocycles. The number of aromatic nitrogens is 2. The summed E-state index contributed by atoms with van der Waals surface area (Å²) in [5, 5.41) is 13.2. The van der Waals surface area contributed by atoms with Crippen LogP contribution in [0, 0.1) is 0 Å². The van der Waals surface area contributed by atoms with Crippen LogP contribution in [-0.2, 0) is 4.74 Å². The first-order valence-electron chi connectivity index (χ1n) is 7.14. The van der Waals surface area contributed by atoms with Gasteiger partial charge in [-0.25, -0.2) is 0 Å². The molecule has 1 saturated heterocycles. The van der Waals surface area contributed by atoms with Crippen molar-refractivity contribution < 1.29 is 14.6 Å². The molecule has 8 heteroatoms. The topological polar surface area (TPSA) is 79.7 Å². The van der Waals surface area contributed by atoms with Crippen LogP contribution in [-0.4, -0.2) is 58.0 Å². The van der Waals surface area contributed by atoms with Crippen LogP contribution < -0.4 is 15.0 Å². The highest BCUT2D eigenvalue weighted by molar-refractivity contribution is 6.99. The van der Waals surface area contributed by atoms with Crippen molar-refractivity contribution in [3.8, 4) is 5.88 Å². The summed E-state index contributed by atoms with van der Waals surface area (Å²) < 4.78 is 19.7. The lowest BCUT2D eigenvalue weighted by Crippen LogP contribution is -2.52. The van der Waals surface area contributed by atoms with Crippen LogP contribution in [0.4, 0.5) is 5.82 Å². The summed E-state index contributed by atoms with van der Waals surface area (Å²) in [6.07, 6.45) is -1.20. The third kappa shape index (κ3) is 4.77.